The molecule has 0 heterocycles. The first kappa shape index (κ1) is 14.4. The lowest BCUT2D eigenvalue weighted by atomic mass is 10.1. The van der Waals surface area contributed by atoms with Gasteiger partial charge in [0, 0.05) is 16.6 Å². The number of halogens is 4. The minimum Gasteiger partial charge on any atom is -0.376 e. The first-order valence-electron chi connectivity index (χ1n) is 5.58. The number of rotatable bonds is 3. The van der Waals surface area contributed by atoms with Crippen LogP contribution in [0.3, 0.4) is 0 Å². The second-order valence-corrected chi connectivity index (χ2v) is 4.93. The van der Waals surface area contributed by atoms with E-state index in [1.165, 1.54) is 12.1 Å². The van der Waals surface area contributed by atoms with Gasteiger partial charge in [-0.05, 0) is 24.3 Å². The summed E-state index contributed by atoms with van der Waals surface area (Å²) >= 11 is 2.97. The van der Waals surface area contributed by atoms with E-state index in [0.717, 1.165) is 18.2 Å². The fourth-order valence-electron chi connectivity index (χ4n) is 1.65. The summed E-state index contributed by atoms with van der Waals surface area (Å²) < 4.78 is 41.0. The van der Waals surface area contributed by atoms with E-state index < -0.39 is 17.5 Å². The Morgan fingerprint density at radius 1 is 1.05 bits per heavy atom. The number of hydrogen-bond donors (Lipinski definition) is 1. The third-order valence-corrected chi connectivity index (χ3v) is 3.10. The highest BCUT2D eigenvalue weighted by Crippen LogP contribution is 2.24. The van der Waals surface area contributed by atoms with Crippen LogP contribution in [0.5, 0.6) is 0 Å². The molecule has 20 heavy (non-hydrogen) atoms. The van der Waals surface area contributed by atoms with Crippen LogP contribution in [-0.2, 0) is 6.54 Å². The third-order valence-electron chi connectivity index (χ3n) is 2.64. The first-order chi connectivity index (χ1) is 9.51. The fraction of sp³-hybridized carbons (Fsp3) is 0.0714. The van der Waals surface area contributed by atoms with Crippen molar-refractivity contribution < 1.29 is 13.2 Å². The quantitative estimate of drug-likeness (QED) is 0.901. The predicted molar refractivity (Wildman–Crippen MR) is 72.5 cm³/mol. The maximum atomic E-state index is 13.6. The van der Waals surface area contributed by atoms with Crippen LogP contribution in [0.2, 0.25) is 0 Å². The number of hydrogen-bond acceptors (Lipinski definition) is 2. The average molecular weight is 341 g/mol. The van der Waals surface area contributed by atoms with E-state index in [2.05, 4.69) is 21.2 Å². The fourth-order valence-corrected chi connectivity index (χ4v) is 2.06. The lowest BCUT2D eigenvalue weighted by molar-refractivity contribution is 0.584. The molecule has 1 N–H and O–H groups in total. The van der Waals surface area contributed by atoms with Gasteiger partial charge in [-0.15, -0.1) is 0 Å². The van der Waals surface area contributed by atoms with E-state index in [9.17, 15) is 13.2 Å². The van der Waals surface area contributed by atoms with Gasteiger partial charge in [0.2, 0.25) is 0 Å². The Bertz CT molecular complexity index is 672. The zero-order chi connectivity index (χ0) is 14.7. The molecule has 0 bridgehead atoms. The van der Waals surface area contributed by atoms with Gasteiger partial charge < -0.3 is 5.32 Å². The molecular formula is C14H8BrF3N2. The van der Waals surface area contributed by atoms with Gasteiger partial charge in [-0.25, -0.2) is 13.2 Å². The van der Waals surface area contributed by atoms with Gasteiger partial charge >= 0.3 is 0 Å². The smallest absolute Gasteiger partial charge is 0.150 e. The molecule has 0 aliphatic rings. The largest absolute Gasteiger partial charge is 0.376 e. The minimum atomic E-state index is -0.772. The molecule has 0 radical (unpaired) electrons. The summed E-state index contributed by atoms with van der Waals surface area (Å²) in [5.74, 6) is -2.15. The van der Waals surface area contributed by atoms with E-state index in [-0.39, 0.29) is 27.8 Å². The second-order valence-electron chi connectivity index (χ2n) is 4.02. The molecule has 102 valence electrons. The molecule has 2 rings (SSSR count). The SMILES string of the molecule is N#Cc1ccc(CNc2c(F)cc(Br)cc2F)c(F)c1. The van der Waals surface area contributed by atoms with Crippen LogP contribution in [0.1, 0.15) is 11.1 Å². The minimum absolute atomic E-state index is 0.0903. The molecule has 6 heteroatoms. The summed E-state index contributed by atoms with van der Waals surface area (Å²) in [7, 11) is 0. The number of anilines is 1. The average Bonchev–Trinajstić information content (AvgIpc) is 2.39. The van der Waals surface area contributed by atoms with Crippen molar-refractivity contribution in [3.8, 4) is 6.07 Å². The van der Waals surface area contributed by atoms with E-state index >= 15 is 0 Å². The van der Waals surface area contributed by atoms with Crippen molar-refractivity contribution in [1.82, 2.24) is 0 Å². The van der Waals surface area contributed by atoms with Crippen LogP contribution in [0.4, 0.5) is 18.9 Å². The number of nitriles is 1. The summed E-state index contributed by atoms with van der Waals surface area (Å²) in [6.07, 6.45) is 0. The van der Waals surface area contributed by atoms with Gasteiger partial charge in [-0.1, -0.05) is 22.0 Å². The molecule has 2 aromatic carbocycles. The second kappa shape index (κ2) is 5.97. The van der Waals surface area contributed by atoms with Gasteiger partial charge in [0.15, 0.2) is 0 Å². The standard InChI is InChI=1S/C14H8BrF3N2/c15-10-4-12(17)14(13(18)5-10)20-7-9-2-1-8(6-19)3-11(9)16/h1-5,20H,7H2. The molecule has 0 fully saturated rings. The predicted octanol–water partition coefficient (Wildman–Crippen LogP) is 4.35. The van der Waals surface area contributed by atoms with Gasteiger partial charge in [-0.3, -0.25) is 0 Å². The van der Waals surface area contributed by atoms with Crippen LogP contribution in [0.25, 0.3) is 0 Å². The van der Waals surface area contributed by atoms with Crippen LogP contribution < -0.4 is 5.32 Å². The molecule has 2 nitrogen and oxygen atoms in total. The highest BCUT2D eigenvalue weighted by Gasteiger charge is 2.11. The molecule has 0 saturated heterocycles. The van der Waals surface area contributed by atoms with Crippen LogP contribution >= 0.6 is 15.9 Å². The summed E-state index contributed by atoms with van der Waals surface area (Å²) in [5, 5.41) is 11.1. The molecule has 0 aliphatic carbocycles. The Labute approximate surface area is 122 Å². The highest BCUT2D eigenvalue weighted by atomic mass is 79.9. The Morgan fingerprint density at radius 3 is 2.25 bits per heavy atom. The monoisotopic (exact) mass is 340 g/mol. The maximum Gasteiger partial charge on any atom is 0.150 e. The highest BCUT2D eigenvalue weighted by molar-refractivity contribution is 9.10. The normalized spacial score (nSPS) is 10.2. The summed E-state index contributed by atoms with van der Waals surface area (Å²) in [6, 6.07) is 7.94. The molecule has 0 spiro atoms. The van der Waals surface area contributed by atoms with Crippen molar-refractivity contribution in [2.75, 3.05) is 5.32 Å². The Balaban J connectivity index is 2.20. The molecule has 0 amide bonds. The summed E-state index contributed by atoms with van der Waals surface area (Å²) in [6.45, 7) is -0.0903. The van der Waals surface area contributed by atoms with Crippen LogP contribution in [0, 0.1) is 28.8 Å². The van der Waals surface area contributed by atoms with E-state index in [1.54, 1.807) is 0 Å². The van der Waals surface area contributed by atoms with Gasteiger partial charge in [-0.2, -0.15) is 5.26 Å². The molecule has 0 aromatic heterocycles. The van der Waals surface area contributed by atoms with Crippen molar-refractivity contribution in [2.24, 2.45) is 0 Å². The van der Waals surface area contributed by atoms with Crippen molar-refractivity contribution in [1.29, 1.82) is 5.26 Å². The zero-order valence-corrected chi connectivity index (χ0v) is 11.6. The Hall–Kier alpha value is -2.00. The van der Waals surface area contributed by atoms with E-state index in [0.29, 0.717) is 0 Å². The summed E-state index contributed by atoms with van der Waals surface area (Å²) in [4.78, 5) is 0. The van der Waals surface area contributed by atoms with Crippen molar-refractivity contribution in [2.45, 2.75) is 6.54 Å². The van der Waals surface area contributed by atoms with Gasteiger partial charge in [0.05, 0.1) is 11.6 Å². The van der Waals surface area contributed by atoms with Crippen LogP contribution in [-0.4, -0.2) is 0 Å². The molecular weight excluding hydrogens is 333 g/mol. The lowest BCUT2D eigenvalue weighted by Crippen LogP contribution is -2.05. The topological polar surface area (TPSA) is 35.8 Å². The number of nitrogens with one attached hydrogen (secondary N) is 1. The third kappa shape index (κ3) is 3.11. The summed E-state index contributed by atoms with van der Waals surface area (Å²) in [5.41, 5.74) is 0.0786. The van der Waals surface area contributed by atoms with E-state index in [4.69, 9.17) is 5.26 Å². The van der Waals surface area contributed by atoms with Gasteiger partial charge in [0.25, 0.3) is 0 Å². The van der Waals surface area contributed by atoms with Crippen molar-refractivity contribution >= 4 is 21.6 Å². The number of benzene rings is 2. The molecule has 0 unspecified atom stereocenters. The maximum absolute atomic E-state index is 13.6. The lowest BCUT2D eigenvalue weighted by Gasteiger charge is -2.10. The van der Waals surface area contributed by atoms with Gasteiger partial charge in [0.1, 0.15) is 23.1 Å². The van der Waals surface area contributed by atoms with Crippen molar-refractivity contribution in [3.63, 3.8) is 0 Å². The Kier molecular flexibility index (Phi) is 4.30. The molecule has 0 saturated carbocycles. The zero-order valence-electron chi connectivity index (χ0n) is 10.1. The first-order valence-corrected chi connectivity index (χ1v) is 6.37. The Morgan fingerprint density at radius 2 is 1.70 bits per heavy atom. The molecule has 0 aliphatic heterocycles. The van der Waals surface area contributed by atoms with Crippen molar-refractivity contribution in [3.05, 3.63) is 63.4 Å². The molecule has 0 atom stereocenters. The number of nitrogens with zero attached hydrogens (tertiary/aromatic N) is 1. The molecule has 2 aromatic rings. The van der Waals surface area contributed by atoms with E-state index in [1.807, 2.05) is 6.07 Å². The van der Waals surface area contributed by atoms with Crippen LogP contribution in [0.15, 0.2) is 34.8 Å².